The molecule has 0 saturated heterocycles. The van der Waals surface area contributed by atoms with Crippen molar-refractivity contribution in [2.24, 2.45) is 0 Å². The number of hydrogen-bond donors (Lipinski definition) is 2. The molecule has 0 unspecified atom stereocenters. The molecule has 2 N–H and O–H groups in total. The molecule has 1 aromatic heterocycles. The molecule has 26 heavy (non-hydrogen) atoms. The van der Waals surface area contributed by atoms with Crippen LogP contribution in [-0.2, 0) is 6.54 Å². The van der Waals surface area contributed by atoms with Crippen LogP contribution in [0.15, 0.2) is 60.9 Å². The van der Waals surface area contributed by atoms with Crippen molar-refractivity contribution in [2.75, 3.05) is 5.32 Å². The SMILES string of the molecule is O=C(NCc1ccccc1F)c1cncc(Nc2ccc(Cl)cc2Cl)c1. The van der Waals surface area contributed by atoms with Gasteiger partial charge in [0, 0.05) is 23.3 Å². The number of aromatic nitrogens is 1. The fourth-order valence-corrected chi connectivity index (χ4v) is 2.75. The lowest BCUT2D eigenvalue weighted by molar-refractivity contribution is 0.0950. The Hall–Kier alpha value is -2.63. The molecular formula is C19H14Cl2FN3O. The van der Waals surface area contributed by atoms with Crippen molar-refractivity contribution in [3.05, 3.63) is 87.9 Å². The van der Waals surface area contributed by atoms with Crippen molar-refractivity contribution in [1.29, 1.82) is 0 Å². The summed E-state index contributed by atoms with van der Waals surface area (Å²) in [4.78, 5) is 16.4. The van der Waals surface area contributed by atoms with E-state index < -0.39 is 0 Å². The number of pyridine rings is 1. The summed E-state index contributed by atoms with van der Waals surface area (Å²) in [6.07, 6.45) is 3.00. The fraction of sp³-hybridized carbons (Fsp3) is 0.0526. The van der Waals surface area contributed by atoms with E-state index >= 15 is 0 Å². The monoisotopic (exact) mass is 389 g/mol. The van der Waals surface area contributed by atoms with E-state index in [0.29, 0.717) is 32.5 Å². The van der Waals surface area contributed by atoms with Crippen LogP contribution in [0.5, 0.6) is 0 Å². The number of amides is 1. The highest BCUT2D eigenvalue weighted by Crippen LogP contribution is 2.28. The van der Waals surface area contributed by atoms with Crippen LogP contribution in [0.2, 0.25) is 10.0 Å². The van der Waals surface area contributed by atoms with E-state index in [1.54, 1.807) is 48.7 Å². The zero-order valence-electron chi connectivity index (χ0n) is 13.5. The normalized spacial score (nSPS) is 10.4. The number of anilines is 2. The second-order valence-electron chi connectivity index (χ2n) is 5.49. The molecule has 0 saturated carbocycles. The summed E-state index contributed by atoms with van der Waals surface area (Å²) in [6.45, 7) is 0.0895. The topological polar surface area (TPSA) is 54.0 Å². The smallest absolute Gasteiger partial charge is 0.253 e. The van der Waals surface area contributed by atoms with Gasteiger partial charge in [-0.1, -0.05) is 41.4 Å². The fourth-order valence-electron chi connectivity index (χ4n) is 2.30. The first kappa shape index (κ1) is 18.2. The minimum atomic E-state index is -0.362. The molecule has 0 fully saturated rings. The third-order valence-electron chi connectivity index (χ3n) is 3.61. The quantitative estimate of drug-likeness (QED) is 0.630. The van der Waals surface area contributed by atoms with Crippen LogP contribution in [0, 0.1) is 5.82 Å². The van der Waals surface area contributed by atoms with Crippen LogP contribution in [-0.4, -0.2) is 10.9 Å². The van der Waals surface area contributed by atoms with Gasteiger partial charge in [-0.25, -0.2) is 4.39 Å². The van der Waals surface area contributed by atoms with Crippen LogP contribution in [0.3, 0.4) is 0 Å². The zero-order chi connectivity index (χ0) is 18.5. The molecule has 132 valence electrons. The van der Waals surface area contributed by atoms with Gasteiger partial charge >= 0.3 is 0 Å². The Kier molecular flexibility index (Phi) is 5.71. The second kappa shape index (κ2) is 8.17. The molecule has 2 aromatic carbocycles. The number of rotatable bonds is 5. The van der Waals surface area contributed by atoms with Crippen molar-refractivity contribution in [3.63, 3.8) is 0 Å². The molecule has 0 aliphatic rings. The number of benzene rings is 2. The number of hydrogen-bond acceptors (Lipinski definition) is 3. The molecule has 0 atom stereocenters. The Morgan fingerprint density at radius 1 is 1.08 bits per heavy atom. The van der Waals surface area contributed by atoms with E-state index in [4.69, 9.17) is 23.2 Å². The summed E-state index contributed by atoms with van der Waals surface area (Å²) in [7, 11) is 0. The zero-order valence-corrected chi connectivity index (χ0v) is 15.0. The summed E-state index contributed by atoms with van der Waals surface area (Å²) in [5.74, 6) is -0.717. The second-order valence-corrected chi connectivity index (χ2v) is 6.33. The number of halogens is 3. The van der Waals surface area contributed by atoms with Gasteiger partial charge in [0.2, 0.25) is 0 Å². The van der Waals surface area contributed by atoms with Gasteiger partial charge in [-0.2, -0.15) is 0 Å². The van der Waals surface area contributed by atoms with Crippen molar-refractivity contribution in [3.8, 4) is 0 Å². The van der Waals surface area contributed by atoms with Gasteiger partial charge in [0.15, 0.2) is 0 Å². The van der Waals surface area contributed by atoms with E-state index in [0.717, 1.165) is 0 Å². The number of nitrogens with zero attached hydrogens (tertiary/aromatic N) is 1. The van der Waals surface area contributed by atoms with Gasteiger partial charge in [-0.15, -0.1) is 0 Å². The third kappa shape index (κ3) is 4.50. The number of nitrogens with one attached hydrogen (secondary N) is 2. The minimum absolute atomic E-state index is 0.0895. The average molecular weight is 390 g/mol. The standard InChI is InChI=1S/C19H14Cl2FN3O/c20-14-5-6-18(16(21)8-14)25-15-7-13(9-23-11-15)19(26)24-10-12-3-1-2-4-17(12)22/h1-9,11,25H,10H2,(H,24,26). The molecule has 0 bridgehead atoms. The van der Waals surface area contributed by atoms with Crippen molar-refractivity contribution < 1.29 is 9.18 Å². The maximum atomic E-state index is 13.6. The van der Waals surface area contributed by atoms with Crippen molar-refractivity contribution in [1.82, 2.24) is 10.3 Å². The van der Waals surface area contributed by atoms with Crippen LogP contribution < -0.4 is 10.6 Å². The van der Waals surface area contributed by atoms with E-state index in [2.05, 4.69) is 15.6 Å². The maximum absolute atomic E-state index is 13.6. The Labute approximate surface area is 160 Å². The van der Waals surface area contributed by atoms with Gasteiger partial charge in [0.1, 0.15) is 5.82 Å². The molecular weight excluding hydrogens is 376 g/mol. The average Bonchev–Trinajstić information content (AvgIpc) is 2.63. The first-order valence-electron chi connectivity index (χ1n) is 7.71. The molecule has 3 aromatic rings. The van der Waals surface area contributed by atoms with E-state index in [-0.39, 0.29) is 18.3 Å². The highest BCUT2D eigenvalue weighted by Gasteiger charge is 2.09. The van der Waals surface area contributed by atoms with Gasteiger partial charge < -0.3 is 10.6 Å². The predicted octanol–water partition coefficient (Wildman–Crippen LogP) is 5.20. The lowest BCUT2D eigenvalue weighted by atomic mass is 10.2. The van der Waals surface area contributed by atoms with Crippen LogP contribution in [0.1, 0.15) is 15.9 Å². The Bertz CT molecular complexity index is 950. The molecule has 0 spiro atoms. The largest absolute Gasteiger partial charge is 0.353 e. The maximum Gasteiger partial charge on any atom is 0.253 e. The lowest BCUT2D eigenvalue weighted by Crippen LogP contribution is -2.23. The van der Waals surface area contributed by atoms with E-state index in [1.807, 2.05) is 0 Å². The summed E-state index contributed by atoms with van der Waals surface area (Å²) >= 11 is 12.0. The Balaban J connectivity index is 1.70. The predicted molar refractivity (Wildman–Crippen MR) is 102 cm³/mol. The number of carbonyl (C=O) groups excluding carboxylic acids is 1. The highest BCUT2D eigenvalue weighted by molar-refractivity contribution is 6.36. The molecule has 4 nitrogen and oxygen atoms in total. The summed E-state index contributed by atoms with van der Waals surface area (Å²) < 4.78 is 13.6. The van der Waals surface area contributed by atoms with Crippen LogP contribution >= 0.6 is 23.2 Å². The van der Waals surface area contributed by atoms with Gasteiger partial charge in [0.05, 0.1) is 28.2 Å². The molecule has 0 radical (unpaired) electrons. The first-order chi connectivity index (χ1) is 12.5. The minimum Gasteiger partial charge on any atom is -0.353 e. The first-order valence-corrected chi connectivity index (χ1v) is 8.47. The lowest BCUT2D eigenvalue weighted by Gasteiger charge is -2.10. The van der Waals surface area contributed by atoms with Crippen molar-refractivity contribution in [2.45, 2.75) is 6.54 Å². The van der Waals surface area contributed by atoms with E-state index in [1.165, 1.54) is 12.3 Å². The van der Waals surface area contributed by atoms with E-state index in [9.17, 15) is 9.18 Å². The summed E-state index contributed by atoms with van der Waals surface area (Å²) in [5.41, 5.74) is 1.99. The molecule has 7 heteroatoms. The third-order valence-corrected chi connectivity index (χ3v) is 4.16. The van der Waals surface area contributed by atoms with Gasteiger partial charge in [-0.3, -0.25) is 9.78 Å². The summed E-state index contributed by atoms with van der Waals surface area (Å²) in [6, 6.07) is 13.0. The van der Waals surface area contributed by atoms with Gasteiger partial charge in [-0.05, 0) is 30.3 Å². The highest BCUT2D eigenvalue weighted by atomic mass is 35.5. The molecule has 3 rings (SSSR count). The molecule has 0 aliphatic carbocycles. The van der Waals surface area contributed by atoms with Gasteiger partial charge in [0.25, 0.3) is 5.91 Å². The Morgan fingerprint density at radius 3 is 2.65 bits per heavy atom. The molecule has 1 heterocycles. The van der Waals surface area contributed by atoms with Crippen LogP contribution in [0.25, 0.3) is 0 Å². The summed E-state index contributed by atoms with van der Waals surface area (Å²) in [5, 5.41) is 6.74. The molecule has 0 aliphatic heterocycles. The Morgan fingerprint density at radius 2 is 1.88 bits per heavy atom. The number of carbonyl (C=O) groups is 1. The van der Waals surface area contributed by atoms with Crippen molar-refractivity contribution >= 4 is 40.5 Å². The molecule has 1 amide bonds. The van der Waals surface area contributed by atoms with Crippen LogP contribution in [0.4, 0.5) is 15.8 Å².